The third kappa shape index (κ3) is 5.02. The van der Waals surface area contributed by atoms with Crippen LogP contribution in [-0.2, 0) is 14.3 Å². The average Bonchev–Trinajstić information content (AvgIpc) is 3.58. The van der Waals surface area contributed by atoms with E-state index in [1.807, 2.05) is 24.3 Å². The zero-order valence-corrected chi connectivity index (χ0v) is 18.9. The molecule has 7 heteroatoms. The van der Waals surface area contributed by atoms with Crippen LogP contribution in [-0.4, -0.2) is 42.3 Å². The second-order valence-electron chi connectivity index (χ2n) is 9.22. The summed E-state index contributed by atoms with van der Waals surface area (Å²) in [7, 11) is 0. The molecule has 1 saturated carbocycles. The lowest BCUT2D eigenvalue weighted by molar-refractivity contribution is -0.143. The molecule has 3 N–H and O–H groups in total. The molecule has 2 aliphatic rings. The van der Waals surface area contributed by atoms with E-state index in [0.717, 1.165) is 35.1 Å². The summed E-state index contributed by atoms with van der Waals surface area (Å²) in [5.74, 6) is -2.11. The average molecular weight is 451 g/mol. The van der Waals surface area contributed by atoms with Crippen LogP contribution in [0.4, 0.5) is 4.79 Å². The van der Waals surface area contributed by atoms with Crippen molar-refractivity contribution in [2.24, 2.45) is 17.8 Å². The molecule has 2 aliphatic carbocycles. The minimum absolute atomic E-state index is 0.0292. The van der Waals surface area contributed by atoms with Gasteiger partial charge < -0.3 is 20.5 Å². The van der Waals surface area contributed by atoms with Crippen LogP contribution in [0.2, 0.25) is 0 Å². The standard InChI is InChI=1S/C26H30N2O5/c1-15(2)21(25(30)31)13-27-24(29)23(16-11-12-16)28-26(32)33-14-22-19-9-5-3-7-17(19)18-8-4-6-10-20(18)22/h3-10,15-16,21-23H,11-14H2,1-2H3,(H,27,29)(H,28,32)(H,30,31). The maximum absolute atomic E-state index is 12.7. The van der Waals surface area contributed by atoms with E-state index >= 15 is 0 Å². The van der Waals surface area contributed by atoms with Crippen LogP contribution < -0.4 is 10.6 Å². The Morgan fingerprint density at radius 1 is 1.00 bits per heavy atom. The highest BCUT2D eigenvalue weighted by Gasteiger charge is 2.38. The van der Waals surface area contributed by atoms with Crippen molar-refractivity contribution in [3.8, 4) is 11.1 Å². The van der Waals surface area contributed by atoms with Crippen molar-refractivity contribution in [1.82, 2.24) is 10.6 Å². The van der Waals surface area contributed by atoms with E-state index in [9.17, 15) is 19.5 Å². The lowest BCUT2D eigenvalue weighted by Gasteiger charge is -2.21. The van der Waals surface area contributed by atoms with Crippen LogP contribution in [0, 0.1) is 17.8 Å². The van der Waals surface area contributed by atoms with E-state index in [1.165, 1.54) is 0 Å². The lowest BCUT2D eigenvalue weighted by Crippen LogP contribution is -2.50. The Hall–Kier alpha value is -3.35. The van der Waals surface area contributed by atoms with E-state index in [0.29, 0.717) is 0 Å². The van der Waals surface area contributed by atoms with E-state index in [4.69, 9.17) is 4.74 Å². The van der Waals surface area contributed by atoms with Gasteiger partial charge in [0.05, 0.1) is 5.92 Å². The van der Waals surface area contributed by atoms with Gasteiger partial charge in [-0.05, 0) is 46.9 Å². The normalized spacial score (nSPS) is 16.5. The summed E-state index contributed by atoms with van der Waals surface area (Å²) in [6, 6.07) is 15.5. The first kappa shape index (κ1) is 22.8. The second-order valence-corrected chi connectivity index (χ2v) is 9.22. The molecule has 2 aromatic carbocycles. The second kappa shape index (κ2) is 9.65. The number of aliphatic carboxylic acids is 1. The van der Waals surface area contributed by atoms with Gasteiger partial charge in [-0.2, -0.15) is 0 Å². The highest BCUT2D eigenvalue weighted by molar-refractivity contribution is 5.87. The Labute approximate surface area is 193 Å². The fourth-order valence-electron chi connectivity index (χ4n) is 4.52. The van der Waals surface area contributed by atoms with Crippen LogP contribution in [0.5, 0.6) is 0 Å². The first-order chi connectivity index (χ1) is 15.9. The van der Waals surface area contributed by atoms with Gasteiger partial charge >= 0.3 is 12.1 Å². The van der Waals surface area contributed by atoms with Crippen molar-refractivity contribution in [1.29, 1.82) is 0 Å². The van der Waals surface area contributed by atoms with Gasteiger partial charge in [0.1, 0.15) is 12.6 Å². The highest BCUT2D eigenvalue weighted by atomic mass is 16.5. The molecule has 0 saturated heterocycles. The maximum Gasteiger partial charge on any atom is 0.407 e. The Bertz CT molecular complexity index is 1000. The first-order valence-electron chi connectivity index (χ1n) is 11.5. The predicted octanol–water partition coefficient (Wildman–Crippen LogP) is 3.78. The minimum atomic E-state index is -0.947. The molecule has 0 heterocycles. The third-order valence-corrected chi connectivity index (χ3v) is 6.61. The number of benzene rings is 2. The van der Waals surface area contributed by atoms with Crippen LogP contribution in [0.3, 0.4) is 0 Å². The van der Waals surface area contributed by atoms with Gasteiger partial charge in [0.25, 0.3) is 0 Å². The summed E-state index contributed by atoms with van der Waals surface area (Å²) in [4.78, 5) is 36.7. The van der Waals surface area contributed by atoms with Crippen molar-refractivity contribution in [3.63, 3.8) is 0 Å². The van der Waals surface area contributed by atoms with Gasteiger partial charge in [0.2, 0.25) is 5.91 Å². The van der Waals surface area contributed by atoms with Gasteiger partial charge in [-0.25, -0.2) is 4.79 Å². The first-order valence-corrected chi connectivity index (χ1v) is 11.5. The van der Waals surface area contributed by atoms with Gasteiger partial charge in [0, 0.05) is 12.5 Å². The molecule has 2 unspecified atom stereocenters. The van der Waals surface area contributed by atoms with Gasteiger partial charge in [-0.1, -0.05) is 62.4 Å². The molecule has 4 rings (SSSR count). The quantitative estimate of drug-likeness (QED) is 0.539. The van der Waals surface area contributed by atoms with Gasteiger partial charge in [-0.3, -0.25) is 9.59 Å². The summed E-state index contributed by atoms with van der Waals surface area (Å²) >= 11 is 0. The van der Waals surface area contributed by atoms with E-state index in [-0.39, 0.29) is 36.8 Å². The third-order valence-electron chi connectivity index (χ3n) is 6.61. The van der Waals surface area contributed by atoms with Crippen molar-refractivity contribution in [2.45, 2.75) is 38.6 Å². The zero-order valence-electron chi connectivity index (χ0n) is 18.9. The number of ether oxygens (including phenoxy) is 1. The number of nitrogens with one attached hydrogen (secondary N) is 2. The van der Waals surface area contributed by atoms with Crippen LogP contribution in [0.25, 0.3) is 11.1 Å². The summed E-state index contributed by atoms with van der Waals surface area (Å²) < 4.78 is 5.58. The Morgan fingerprint density at radius 3 is 2.09 bits per heavy atom. The van der Waals surface area contributed by atoms with E-state index in [2.05, 4.69) is 34.9 Å². The number of hydrogen-bond acceptors (Lipinski definition) is 4. The molecule has 0 aromatic heterocycles. The molecular formula is C26H30N2O5. The molecule has 174 valence electrons. The lowest BCUT2D eigenvalue weighted by atomic mass is 9.96. The van der Waals surface area contributed by atoms with Crippen LogP contribution in [0.1, 0.15) is 43.7 Å². The molecule has 0 radical (unpaired) electrons. The Balaban J connectivity index is 1.37. The molecule has 1 fully saturated rings. The van der Waals surface area contributed by atoms with E-state index < -0.39 is 24.0 Å². The fraction of sp³-hybridized carbons (Fsp3) is 0.423. The van der Waals surface area contributed by atoms with E-state index in [1.54, 1.807) is 13.8 Å². The number of carbonyl (C=O) groups is 3. The molecule has 0 spiro atoms. The summed E-state index contributed by atoms with van der Waals surface area (Å²) in [5.41, 5.74) is 4.54. The summed E-state index contributed by atoms with van der Waals surface area (Å²) in [6.45, 7) is 3.81. The molecule has 0 bridgehead atoms. The molecular weight excluding hydrogens is 420 g/mol. The molecule has 7 nitrogen and oxygen atoms in total. The van der Waals surface area contributed by atoms with Crippen molar-refractivity contribution >= 4 is 18.0 Å². The number of carbonyl (C=O) groups excluding carboxylic acids is 2. The fourth-order valence-corrected chi connectivity index (χ4v) is 4.52. The number of fused-ring (bicyclic) bond motifs is 3. The SMILES string of the molecule is CC(C)C(CNC(=O)C(NC(=O)OCC1c2ccccc2-c2ccccc21)C1CC1)C(=O)O. The number of carboxylic acids is 1. The van der Waals surface area contributed by atoms with Gasteiger partial charge in [0.15, 0.2) is 0 Å². The Kier molecular flexibility index (Phi) is 6.67. The number of rotatable bonds is 9. The van der Waals surface area contributed by atoms with Crippen LogP contribution >= 0.6 is 0 Å². The maximum atomic E-state index is 12.7. The zero-order chi connectivity index (χ0) is 23.5. The molecule has 2 amide bonds. The smallest absolute Gasteiger partial charge is 0.407 e. The van der Waals surface area contributed by atoms with Crippen molar-refractivity contribution in [2.75, 3.05) is 13.2 Å². The highest BCUT2D eigenvalue weighted by Crippen LogP contribution is 2.44. The largest absolute Gasteiger partial charge is 0.481 e. The molecule has 2 atom stereocenters. The predicted molar refractivity (Wildman–Crippen MR) is 124 cm³/mol. The number of carboxylic acid groups (broad SMARTS) is 1. The molecule has 0 aliphatic heterocycles. The number of amides is 2. The summed E-state index contributed by atoms with van der Waals surface area (Å²) in [6.07, 6.45) is 1.05. The van der Waals surface area contributed by atoms with Crippen LogP contribution in [0.15, 0.2) is 48.5 Å². The van der Waals surface area contributed by atoms with Crippen molar-refractivity contribution in [3.05, 3.63) is 59.7 Å². The summed E-state index contributed by atoms with van der Waals surface area (Å²) in [5, 5.41) is 14.8. The monoisotopic (exact) mass is 450 g/mol. The topological polar surface area (TPSA) is 105 Å². The number of alkyl carbamates (subject to hydrolysis) is 1. The molecule has 2 aromatic rings. The number of hydrogen-bond donors (Lipinski definition) is 3. The minimum Gasteiger partial charge on any atom is -0.481 e. The van der Waals surface area contributed by atoms with Crippen molar-refractivity contribution < 1.29 is 24.2 Å². The molecule has 33 heavy (non-hydrogen) atoms. The Morgan fingerprint density at radius 2 is 1.58 bits per heavy atom. The van der Waals surface area contributed by atoms with Gasteiger partial charge in [-0.15, -0.1) is 0 Å².